The van der Waals surface area contributed by atoms with Crippen LogP contribution in [-0.2, 0) is 0 Å². The number of carbonyl (C=O) groups is 1. The summed E-state index contributed by atoms with van der Waals surface area (Å²) in [4.78, 5) is 29.7. The third kappa shape index (κ3) is 1.99. The van der Waals surface area contributed by atoms with Crippen LogP contribution in [0.3, 0.4) is 0 Å². The molecule has 0 aliphatic rings. The number of nitrogens with one attached hydrogen (secondary N) is 1. The van der Waals surface area contributed by atoms with Crippen molar-refractivity contribution in [3.63, 3.8) is 0 Å². The van der Waals surface area contributed by atoms with Crippen LogP contribution in [0.4, 0.5) is 0 Å². The summed E-state index contributed by atoms with van der Waals surface area (Å²) < 4.78 is 1.89. The molecule has 7 nitrogen and oxygen atoms in total. The fourth-order valence-corrected chi connectivity index (χ4v) is 2.23. The Morgan fingerprint density at radius 3 is 2.90 bits per heavy atom. The number of benzene rings is 1. The Labute approximate surface area is 120 Å². The minimum Gasteiger partial charge on any atom is -0.478 e. The second-order valence-electron chi connectivity index (χ2n) is 4.00. The number of hydrogen-bond acceptors (Lipinski definition) is 4. The molecule has 3 aromatic rings. The predicted molar refractivity (Wildman–Crippen MR) is 74.1 cm³/mol. The van der Waals surface area contributed by atoms with Crippen molar-refractivity contribution in [2.75, 3.05) is 0 Å². The Balaban J connectivity index is 2.24. The first-order chi connectivity index (χ1) is 9.56. The molecular weight excluding hydrogens is 328 g/mol. The molecule has 1 aromatic carbocycles. The predicted octanol–water partition coefficient (Wildman–Crippen LogP) is 1.57. The van der Waals surface area contributed by atoms with E-state index in [9.17, 15) is 9.59 Å². The van der Waals surface area contributed by atoms with Gasteiger partial charge in [0, 0.05) is 10.7 Å². The van der Waals surface area contributed by atoms with Gasteiger partial charge in [-0.15, -0.1) is 0 Å². The second-order valence-corrected chi connectivity index (χ2v) is 4.86. The number of hydrogen-bond donors (Lipinski definition) is 2. The molecule has 2 aromatic heterocycles. The van der Waals surface area contributed by atoms with Crippen molar-refractivity contribution in [3.8, 4) is 5.95 Å². The number of carboxylic acid groups (broad SMARTS) is 1. The fraction of sp³-hybridized carbons (Fsp3) is 0. The van der Waals surface area contributed by atoms with Gasteiger partial charge in [-0.25, -0.2) is 14.5 Å². The lowest BCUT2D eigenvalue weighted by atomic mass is 10.2. The van der Waals surface area contributed by atoms with Gasteiger partial charge in [-0.3, -0.25) is 9.78 Å². The van der Waals surface area contributed by atoms with E-state index in [0.717, 1.165) is 0 Å². The SMILES string of the molecule is O=C(O)c1cnn(-c2nc3c(Br)cccc3c(=O)[nH]2)c1. The summed E-state index contributed by atoms with van der Waals surface area (Å²) in [5.41, 5.74) is 0.178. The van der Waals surface area contributed by atoms with Gasteiger partial charge in [-0.2, -0.15) is 5.10 Å². The van der Waals surface area contributed by atoms with Crippen molar-refractivity contribution >= 4 is 32.8 Å². The third-order valence-electron chi connectivity index (χ3n) is 2.72. The van der Waals surface area contributed by atoms with Gasteiger partial charge in [0.05, 0.1) is 22.7 Å². The minimum atomic E-state index is -1.10. The number of carboxylic acids is 1. The Bertz CT molecular complexity index is 884. The quantitative estimate of drug-likeness (QED) is 0.740. The minimum absolute atomic E-state index is 0.0138. The molecule has 3 rings (SSSR count). The number of rotatable bonds is 2. The van der Waals surface area contributed by atoms with E-state index < -0.39 is 5.97 Å². The monoisotopic (exact) mass is 334 g/mol. The molecule has 0 unspecified atom stereocenters. The number of para-hydroxylation sites is 1. The molecule has 0 fully saturated rings. The van der Waals surface area contributed by atoms with Gasteiger partial charge in [0.25, 0.3) is 5.56 Å². The van der Waals surface area contributed by atoms with Gasteiger partial charge in [0.2, 0.25) is 5.95 Å². The van der Waals surface area contributed by atoms with Crippen molar-refractivity contribution in [3.05, 3.63) is 51.0 Å². The van der Waals surface area contributed by atoms with Gasteiger partial charge in [0.1, 0.15) is 0 Å². The first-order valence-electron chi connectivity index (χ1n) is 5.53. The first-order valence-corrected chi connectivity index (χ1v) is 6.32. The number of fused-ring (bicyclic) bond motifs is 1. The van der Waals surface area contributed by atoms with E-state index in [-0.39, 0.29) is 17.1 Å². The highest BCUT2D eigenvalue weighted by Gasteiger charge is 2.11. The summed E-state index contributed by atoms with van der Waals surface area (Å²) in [7, 11) is 0. The van der Waals surface area contributed by atoms with Crippen LogP contribution in [0, 0.1) is 0 Å². The maximum absolute atomic E-state index is 12.0. The van der Waals surface area contributed by atoms with E-state index in [1.807, 2.05) is 0 Å². The first kappa shape index (κ1) is 12.5. The topological polar surface area (TPSA) is 101 Å². The molecule has 2 heterocycles. The number of aromatic nitrogens is 4. The number of aromatic carboxylic acids is 1. The summed E-state index contributed by atoms with van der Waals surface area (Å²) in [6.45, 7) is 0. The molecular formula is C12H7BrN4O3. The zero-order valence-corrected chi connectivity index (χ0v) is 11.5. The lowest BCUT2D eigenvalue weighted by Gasteiger charge is -2.03. The van der Waals surface area contributed by atoms with Crippen LogP contribution >= 0.6 is 15.9 Å². The Morgan fingerprint density at radius 2 is 2.20 bits per heavy atom. The molecule has 0 bridgehead atoms. The highest BCUT2D eigenvalue weighted by molar-refractivity contribution is 9.10. The van der Waals surface area contributed by atoms with E-state index in [4.69, 9.17) is 5.11 Å². The molecule has 0 spiro atoms. The molecule has 0 amide bonds. The van der Waals surface area contributed by atoms with Crippen LogP contribution in [0.1, 0.15) is 10.4 Å². The van der Waals surface area contributed by atoms with E-state index in [2.05, 4.69) is 31.0 Å². The van der Waals surface area contributed by atoms with Gasteiger partial charge in [-0.1, -0.05) is 6.07 Å². The summed E-state index contributed by atoms with van der Waals surface area (Å²) in [5.74, 6) is -0.942. The zero-order chi connectivity index (χ0) is 14.3. The van der Waals surface area contributed by atoms with Crippen LogP contribution in [-0.4, -0.2) is 30.8 Å². The lowest BCUT2D eigenvalue weighted by Crippen LogP contribution is -2.14. The van der Waals surface area contributed by atoms with Crippen LogP contribution in [0.15, 0.2) is 39.9 Å². The van der Waals surface area contributed by atoms with Crippen molar-refractivity contribution in [2.45, 2.75) is 0 Å². The largest absolute Gasteiger partial charge is 0.478 e. The summed E-state index contributed by atoms with van der Waals surface area (Å²) in [5, 5.41) is 13.2. The second kappa shape index (κ2) is 4.57. The van der Waals surface area contributed by atoms with Gasteiger partial charge in [0.15, 0.2) is 0 Å². The van der Waals surface area contributed by atoms with Crippen LogP contribution in [0.5, 0.6) is 0 Å². The van der Waals surface area contributed by atoms with Gasteiger partial charge in [-0.05, 0) is 28.1 Å². The van der Waals surface area contributed by atoms with Crippen molar-refractivity contribution in [2.24, 2.45) is 0 Å². The molecule has 20 heavy (non-hydrogen) atoms. The smallest absolute Gasteiger partial charge is 0.338 e. The highest BCUT2D eigenvalue weighted by Crippen LogP contribution is 2.19. The Kier molecular flexibility index (Phi) is 2.87. The van der Waals surface area contributed by atoms with Crippen LogP contribution in [0.25, 0.3) is 16.9 Å². The molecule has 0 saturated carbocycles. The summed E-state index contributed by atoms with van der Waals surface area (Å²) >= 11 is 3.33. The molecule has 0 saturated heterocycles. The highest BCUT2D eigenvalue weighted by atomic mass is 79.9. The number of nitrogens with zero attached hydrogens (tertiary/aromatic N) is 3. The van der Waals surface area contributed by atoms with Crippen LogP contribution < -0.4 is 5.56 Å². The van der Waals surface area contributed by atoms with Crippen LogP contribution in [0.2, 0.25) is 0 Å². The average Bonchev–Trinajstić information content (AvgIpc) is 2.89. The number of H-pyrrole nitrogens is 1. The van der Waals surface area contributed by atoms with E-state index >= 15 is 0 Å². The number of halogens is 1. The fourth-order valence-electron chi connectivity index (χ4n) is 1.77. The maximum Gasteiger partial charge on any atom is 0.338 e. The lowest BCUT2D eigenvalue weighted by molar-refractivity contribution is 0.0697. The van der Waals surface area contributed by atoms with E-state index in [1.165, 1.54) is 17.1 Å². The molecule has 2 N–H and O–H groups in total. The normalized spacial score (nSPS) is 10.8. The van der Waals surface area contributed by atoms with Crippen molar-refractivity contribution in [1.29, 1.82) is 0 Å². The Morgan fingerprint density at radius 1 is 1.40 bits per heavy atom. The maximum atomic E-state index is 12.0. The van der Waals surface area contributed by atoms with Crippen molar-refractivity contribution < 1.29 is 9.90 Å². The van der Waals surface area contributed by atoms with E-state index in [1.54, 1.807) is 18.2 Å². The molecule has 8 heteroatoms. The molecule has 100 valence electrons. The van der Waals surface area contributed by atoms with Gasteiger partial charge < -0.3 is 5.11 Å². The average molecular weight is 335 g/mol. The van der Waals surface area contributed by atoms with E-state index in [0.29, 0.717) is 15.4 Å². The summed E-state index contributed by atoms with van der Waals surface area (Å²) in [6.07, 6.45) is 2.47. The summed E-state index contributed by atoms with van der Waals surface area (Å²) in [6, 6.07) is 5.16. The molecule has 0 aliphatic carbocycles. The molecule has 0 atom stereocenters. The Hall–Kier alpha value is -2.48. The standard InChI is InChI=1S/C12H7BrN4O3/c13-8-3-1-2-7-9(8)15-12(16-10(7)18)17-5-6(4-14-17)11(19)20/h1-5H,(H,19,20)(H,15,16,18). The number of aromatic amines is 1. The molecule has 0 radical (unpaired) electrons. The zero-order valence-electron chi connectivity index (χ0n) is 9.87. The molecule has 0 aliphatic heterocycles. The van der Waals surface area contributed by atoms with Crippen molar-refractivity contribution in [1.82, 2.24) is 19.7 Å². The van der Waals surface area contributed by atoms with Gasteiger partial charge >= 0.3 is 5.97 Å². The third-order valence-corrected chi connectivity index (χ3v) is 3.36.